The zero-order chi connectivity index (χ0) is 12.3. The molecule has 0 radical (unpaired) electrons. The van der Waals surface area contributed by atoms with Crippen LogP contribution in [0.15, 0.2) is 61.2 Å². The van der Waals surface area contributed by atoms with Crippen LogP contribution in [0.25, 0.3) is 0 Å². The minimum Gasteiger partial charge on any atom is -0.392 e. The van der Waals surface area contributed by atoms with E-state index in [1.54, 1.807) is 11.8 Å². The van der Waals surface area contributed by atoms with Gasteiger partial charge in [0.15, 0.2) is 0 Å². The maximum absolute atomic E-state index is 9.05. The molecule has 2 aromatic carbocycles. The van der Waals surface area contributed by atoms with E-state index in [2.05, 4.69) is 37.9 Å². The van der Waals surface area contributed by atoms with Crippen LogP contribution >= 0.6 is 43.6 Å². The highest BCUT2D eigenvalue weighted by molar-refractivity contribution is 9.11. The van der Waals surface area contributed by atoms with Crippen LogP contribution in [-0.2, 0) is 6.61 Å². The van der Waals surface area contributed by atoms with E-state index in [9.17, 15) is 0 Å². The Balaban J connectivity index is 2.28. The van der Waals surface area contributed by atoms with Crippen LogP contribution in [0.1, 0.15) is 5.56 Å². The van der Waals surface area contributed by atoms with Crippen molar-refractivity contribution in [1.29, 1.82) is 0 Å². The zero-order valence-corrected chi connectivity index (χ0v) is 12.8. The van der Waals surface area contributed by atoms with E-state index in [4.69, 9.17) is 5.11 Å². The summed E-state index contributed by atoms with van der Waals surface area (Å²) in [5.41, 5.74) is 0.911. The molecule has 0 atom stereocenters. The lowest BCUT2D eigenvalue weighted by atomic mass is 10.2. The Morgan fingerprint density at radius 3 is 2.29 bits per heavy atom. The molecular formula is C13H10Br2OS. The molecule has 2 rings (SSSR count). The first-order valence-corrected chi connectivity index (χ1v) is 7.42. The van der Waals surface area contributed by atoms with E-state index in [1.807, 2.05) is 36.4 Å². The van der Waals surface area contributed by atoms with Crippen molar-refractivity contribution in [2.75, 3.05) is 0 Å². The van der Waals surface area contributed by atoms with Crippen LogP contribution in [0.3, 0.4) is 0 Å². The maximum atomic E-state index is 9.05. The fraction of sp³-hybridized carbons (Fsp3) is 0.0769. The first-order chi connectivity index (χ1) is 8.20. The molecule has 0 aliphatic heterocycles. The molecule has 2 aromatic rings. The fourth-order valence-electron chi connectivity index (χ4n) is 1.37. The first-order valence-electron chi connectivity index (χ1n) is 5.02. The van der Waals surface area contributed by atoms with Gasteiger partial charge in [0.2, 0.25) is 0 Å². The van der Waals surface area contributed by atoms with Crippen LogP contribution in [0, 0.1) is 0 Å². The molecule has 0 heterocycles. The summed E-state index contributed by atoms with van der Waals surface area (Å²) in [4.78, 5) is 2.30. The molecular weight excluding hydrogens is 364 g/mol. The molecule has 0 amide bonds. The van der Waals surface area contributed by atoms with Gasteiger partial charge in [0, 0.05) is 18.7 Å². The summed E-state index contributed by atoms with van der Waals surface area (Å²) in [6, 6.07) is 14.0. The molecule has 0 bridgehead atoms. The van der Waals surface area contributed by atoms with Gasteiger partial charge in [-0.1, -0.05) is 30.0 Å². The van der Waals surface area contributed by atoms with Gasteiger partial charge in [0.1, 0.15) is 0 Å². The van der Waals surface area contributed by atoms with Crippen molar-refractivity contribution in [3.63, 3.8) is 0 Å². The monoisotopic (exact) mass is 372 g/mol. The fourth-order valence-corrected chi connectivity index (χ4v) is 3.41. The summed E-state index contributed by atoms with van der Waals surface area (Å²) in [5.74, 6) is 0. The second-order valence-corrected chi connectivity index (χ2v) is 6.25. The van der Waals surface area contributed by atoms with Crippen molar-refractivity contribution in [3.05, 3.63) is 57.0 Å². The van der Waals surface area contributed by atoms with Crippen molar-refractivity contribution in [1.82, 2.24) is 0 Å². The van der Waals surface area contributed by atoms with E-state index < -0.39 is 0 Å². The van der Waals surface area contributed by atoms with Crippen molar-refractivity contribution < 1.29 is 5.11 Å². The van der Waals surface area contributed by atoms with Crippen molar-refractivity contribution in [2.24, 2.45) is 0 Å². The molecule has 88 valence electrons. The number of halogens is 2. The van der Waals surface area contributed by atoms with Gasteiger partial charge < -0.3 is 5.11 Å². The number of aliphatic hydroxyl groups is 1. The smallest absolute Gasteiger partial charge is 0.0682 e. The number of aliphatic hydroxyl groups excluding tert-OH is 1. The third-order valence-electron chi connectivity index (χ3n) is 2.24. The predicted molar refractivity (Wildman–Crippen MR) is 78.3 cm³/mol. The molecule has 1 nitrogen and oxygen atoms in total. The van der Waals surface area contributed by atoms with Gasteiger partial charge in [-0.2, -0.15) is 0 Å². The average molecular weight is 374 g/mol. The lowest BCUT2D eigenvalue weighted by Gasteiger charge is -2.07. The van der Waals surface area contributed by atoms with Crippen LogP contribution in [-0.4, -0.2) is 5.11 Å². The lowest BCUT2D eigenvalue weighted by Crippen LogP contribution is -1.84. The molecule has 17 heavy (non-hydrogen) atoms. The molecule has 0 aromatic heterocycles. The van der Waals surface area contributed by atoms with Gasteiger partial charge in [-0.3, -0.25) is 0 Å². The summed E-state index contributed by atoms with van der Waals surface area (Å²) in [7, 11) is 0. The summed E-state index contributed by atoms with van der Waals surface area (Å²) in [6.07, 6.45) is 0. The molecule has 0 unspecified atom stereocenters. The standard InChI is InChI=1S/C13H10Br2OS/c14-10-3-1-2-4-12(10)17-13-6-5-9(8-16)7-11(13)15/h1-7,16H,8H2. The first kappa shape index (κ1) is 13.1. The SMILES string of the molecule is OCc1ccc(Sc2ccccc2Br)c(Br)c1. The Kier molecular flexibility index (Phi) is 4.68. The summed E-state index contributed by atoms with van der Waals surface area (Å²) in [6.45, 7) is 0.0680. The number of hydrogen-bond donors (Lipinski definition) is 1. The second kappa shape index (κ2) is 6.05. The summed E-state index contributed by atoms with van der Waals surface area (Å²) >= 11 is 8.74. The van der Waals surface area contributed by atoms with Gasteiger partial charge in [0.05, 0.1) is 6.61 Å². The number of hydrogen-bond acceptors (Lipinski definition) is 2. The van der Waals surface area contributed by atoms with Crippen LogP contribution < -0.4 is 0 Å². The topological polar surface area (TPSA) is 20.2 Å². The lowest BCUT2D eigenvalue weighted by molar-refractivity contribution is 0.281. The highest BCUT2D eigenvalue weighted by Gasteiger charge is 2.05. The zero-order valence-electron chi connectivity index (χ0n) is 8.86. The quantitative estimate of drug-likeness (QED) is 0.829. The minimum atomic E-state index is 0.0680. The van der Waals surface area contributed by atoms with Crippen LogP contribution in [0.5, 0.6) is 0 Å². The largest absolute Gasteiger partial charge is 0.392 e. The van der Waals surface area contributed by atoms with Gasteiger partial charge >= 0.3 is 0 Å². The minimum absolute atomic E-state index is 0.0680. The molecule has 0 fully saturated rings. The molecule has 4 heteroatoms. The van der Waals surface area contributed by atoms with E-state index >= 15 is 0 Å². The Hall–Kier alpha value is -0.290. The Labute approximate surface area is 122 Å². The van der Waals surface area contributed by atoms with Crippen molar-refractivity contribution in [2.45, 2.75) is 16.4 Å². The summed E-state index contributed by atoms with van der Waals surface area (Å²) < 4.78 is 2.09. The van der Waals surface area contributed by atoms with Crippen molar-refractivity contribution in [3.8, 4) is 0 Å². The number of rotatable bonds is 3. The van der Waals surface area contributed by atoms with Gasteiger partial charge in [-0.05, 0) is 61.7 Å². The molecule has 0 aliphatic rings. The maximum Gasteiger partial charge on any atom is 0.0682 e. The highest BCUT2D eigenvalue weighted by Crippen LogP contribution is 2.37. The molecule has 0 aliphatic carbocycles. The van der Waals surface area contributed by atoms with E-state index in [0.717, 1.165) is 19.4 Å². The Morgan fingerprint density at radius 1 is 0.941 bits per heavy atom. The van der Waals surface area contributed by atoms with Crippen LogP contribution in [0.2, 0.25) is 0 Å². The summed E-state index contributed by atoms with van der Waals surface area (Å²) in [5, 5.41) is 9.05. The predicted octanol–water partition coefficient (Wildman–Crippen LogP) is 4.86. The van der Waals surface area contributed by atoms with Gasteiger partial charge in [0.25, 0.3) is 0 Å². The Morgan fingerprint density at radius 2 is 1.65 bits per heavy atom. The van der Waals surface area contributed by atoms with Gasteiger partial charge in [-0.25, -0.2) is 0 Å². The molecule has 0 saturated carbocycles. The Bertz CT molecular complexity index is 529. The third kappa shape index (κ3) is 3.35. The molecule has 0 saturated heterocycles. The normalized spacial score (nSPS) is 10.5. The number of benzene rings is 2. The molecule has 1 N–H and O–H groups in total. The second-order valence-electron chi connectivity index (χ2n) is 3.46. The third-order valence-corrected chi connectivity index (χ3v) is 5.26. The molecule has 0 spiro atoms. The van der Waals surface area contributed by atoms with Crippen molar-refractivity contribution >= 4 is 43.6 Å². The van der Waals surface area contributed by atoms with E-state index in [0.29, 0.717) is 0 Å². The average Bonchev–Trinajstić information content (AvgIpc) is 2.34. The van der Waals surface area contributed by atoms with Gasteiger partial charge in [-0.15, -0.1) is 0 Å². The highest BCUT2D eigenvalue weighted by atomic mass is 79.9. The van der Waals surface area contributed by atoms with Crippen LogP contribution in [0.4, 0.5) is 0 Å². The van der Waals surface area contributed by atoms with E-state index in [-0.39, 0.29) is 6.61 Å². The van der Waals surface area contributed by atoms with E-state index in [1.165, 1.54) is 4.90 Å².